The molecule has 0 aromatic heterocycles. The summed E-state index contributed by atoms with van der Waals surface area (Å²) in [7, 11) is 0. The Kier molecular flexibility index (Phi) is 7.45. The van der Waals surface area contributed by atoms with Gasteiger partial charge in [-0.3, -0.25) is 0 Å². The molecule has 2 unspecified atom stereocenters. The van der Waals surface area contributed by atoms with Crippen molar-refractivity contribution in [1.82, 2.24) is 5.32 Å². The van der Waals surface area contributed by atoms with Crippen LogP contribution in [0, 0.1) is 0 Å². The van der Waals surface area contributed by atoms with Crippen molar-refractivity contribution >= 4 is 11.8 Å². The van der Waals surface area contributed by atoms with Crippen molar-refractivity contribution in [3.05, 3.63) is 35.4 Å². The quantitative estimate of drug-likeness (QED) is 0.746. The largest absolute Gasteiger partial charge is 0.309 e. The second-order valence-corrected chi connectivity index (χ2v) is 6.30. The monoisotopic (exact) mass is 265 g/mol. The van der Waals surface area contributed by atoms with E-state index in [0.717, 1.165) is 6.54 Å². The highest BCUT2D eigenvalue weighted by molar-refractivity contribution is 7.99. The third-order valence-corrected chi connectivity index (χ3v) is 4.38. The molecule has 0 saturated heterocycles. The molecular weight excluding hydrogens is 238 g/mol. The van der Waals surface area contributed by atoms with Crippen LogP contribution in [0.3, 0.4) is 0 Å². The van der Waals surface area contributed by atoms with Gasteiger partial charge in [0.2, 0.25) is 0 Å². The second kappa shape index (κ2) is 8.60. The molecule has 0 fully saturated rings. The number of hydrogen-bond acceptors (Lipinski definition) is 2. The van der Waals surface area contributed by atoms with E-state index < -0.39 is 0 Å². The second-order valence-electron chi connectivity index (χ2n) is 5.02. The number of rotatable bonds is 8. The number of unbranched alkanes of at least 4 members (excludes halogenated alkanes) is 1. The van der Waals surface area contributed by atoms with Crippen LogP contribution in [-0.2, 0) is 6.42 Å². The SMILES string of the molecule is CCCCc1ccc(C(C)NCC(C)SC)cc1. The third-order valence-electron chi connectivity index (χ3n) is 3.41. The van der Waals surface area contributed by atoms with Gasteiger partial charge in [0.25, 0.3) is 0 Å². The fourth-order valence-corrected chi connectivity index (χ4v) is 2.16. The summed E-state index contributed by atoms with van der Waals surface area (Å²) in [6.45, 7) is 7.82. The summed E-state index contributed by atoms with van der Waals surface area (Å²) in [6, 6.07) is 9.54. The van der Waals surface area contributed by atoms with E-state index in [0.29, 0.717) is 11.3 Å². The fraction of sp³-hybridized carbons (Fsp3) is 0.625. The van der Waals surface area contributed by atoms with Gasteiger partial charge in [0.05, 0.1) is 0 Å². The van der Waals surface area contributed by atoms with Crippen LogP contribution in [0.15, 0.2) is 24.3 Å². The Morgan fingerprint density at radius 1 is 1.17 bits per heavy atom. The molecule has 1 aromatic carbocycles. The van der Waals surface area contributed by atoms with Gasteiger partial charge in [-0.25, -0.2) is 0 Å². The van der Waals surface area contributed by atoms with E-state index in [2.05, 4.69) is 56.6 Å². The van der Waals surface area contributed by atoms with Crippen molar-refractivity contribution in [2.45, 2.75) is 51.3 Å². The summed E-state index contributed by atoms with van der Waals surface area (Å²) in [5.74, 6) is 0. The average Bonchev–Trinajstić information content (AvgIpc) is 2.42. The highest BCUT2D eigenvalue weighted by Gasteiger charge is 2.06. The molecule has 1 N–H and O–H groups in total. The van der Waals surface area contributed by atoms with Crippen molar-refractivity contribution < 1.29 is 0 Å². The molecule has 18 heavy (non-hydrogen) atoms. The summed E-state index contributed by atoms with van der Waals surface area (Å²) < 4.78 is 0. The molecule has 0 bridgehead atoms. The molecule has 102 valence electrons. The molecule has 0 aliphatic heterocycles. The molecule has 1 rings (SSSR count). The van der Waals surface area contributed by atoms with E-state index in [1.807, 2.05) is 11.8 Å². The van der Waals surface area contributed by atoms with Crippen molar-refractivity contribution in [2.75, 3.05) is 12.8 Å². The maximum absolute atomic E-state index is 3.59. The Balaban J connectivity index is 2.45. The minimum atomic E-state index is 0.444. The van der Waals surface area contributed by atoms with Crippen LogP contribution in [0.25, 0.3) is 0 Å². The Labute approximate surface area is 117 Å². The topological polar surface area (TPSA) is 12.0 Å². The normalized spacial score (nSPS) is 14.4. The first-order valence-electron chi connectivity index (χ1n) is 7.02. The molecule has 2 heteroatoms. The van der Waals surface area contributed by atoms with Crippen LogP contribution >= 0.6 is 11.8 Å². The van der Waals surface area contributed by atoms with Crippen molar-refractivity contribution in [3.8, 4) is 0 Å². The van der Waals surface area contributed by atoms with Gasteiger partial charge < -0.3 is 5.32 Å². The maximum atomic E-state index is 3.59. The van der Waals surface area contributed by atoms with E-state index >= 15 is 0 Å². The minimum Gasteiger partial charge on any atom is -0.309 e. The van der Waals surface area contributed by atoms with Crippen LogP contribution in [-0.4, -0.2) is 18.1 Å². The molecule has 0 heterocycles. The van der Waals surface area contributed by atoms with E-state index in [9.17, 15) is 0 Å². The van der Waals surface area contributed by atoms with Crippen LogP contribution in [0.2, 0.25) is 0 Å². The van der Waals surface area contributed by atoms with Gasteiger partial charge in [-0.15, -0.1) is 0 Å². The van der Waals surface area contributed by atoms with Gasteiger partial charge in [-0.05, 0) is 37.1 Å². The van der Waals surface area contributed by atoms with Crippen LogP contribution in [0.1, 0.15) is 50.8 Å². The van der Waals surface area contributed by atoms with Gasteiger partial charge in [0, 0.05) is 17.8 Å². The molecule has 0 saturated carbocycles. The predicted octanol–water partition coefficient (Wildman–Crippen LogP) is 4.43. The van der Waals surface area contributed by atoms with Crippen LogP contribution in [0.4, 0.5) is 0 Å². The van der Waals surface area contributed by atoms with Gasteiger partial charge in [0.15, 0.2) is 0 Å². The Morgan fingerprint density at radius 3 is 2.39 bits per heavy atom. The van der Waals surface area contributed by atoms with Gasteiger partial charge in [-0.1, -0.05) is 44.5 Å². The molecule has 2 atom stereocenters. The smallest absolute Gasteiger partial charge is 0.0292 e. The predicted molar refractivity (Wildman–Crippen MR) is 84.4 cm³/mol. The Hall–Kier alpha value is -0.470. The van der Waals surface area contributed by atoms with Crippen molar-refractivity contribution in [1.29, 1.82) is 0 Å². The zero-order valence-corrected chi connectivity index (χ0v) is 13.0. The molecule has 1 nitrogen and oxygen atoms in total. The standard InChI is InChI=1S/C16H27NS/c1-5-6-7-15-8-10-16(11-9-15)14(3)17-12-13(2)18-4/h8-11,13-14,17H,5-7,12H2,1-4H3. The highest BCUT2D eigenvalue weighted by Crippen LogP contribution is 2.15. The summed E-state index contributed by atoms with van der Waals surface area (Å²) in [6.07, 6.45) is 5.94. The first kappa shape index (κ1) is 15.6. The Morgan fingerprint density at radius 2 is 1.83 bits per heavy atom. The number of hydrogen-bond donors (Lipinski definition) is 1. The minimum absolute atomic E-state index is 0.444. The summed E-state index contributed by atoms with van der Waals surface area (Å²) in [5.41, 5.74) is 2.86. The van der Waals surface area contributed by atoms with E-state index in [4.69, 9.17) is 0 Å². The number of thioether (sulfide) groups is 1. The molecule has 1 aromatic rings. The van der Waals surface area contributed by atoms with Crippen LogP contribution < -0.4 is 5.32 Å². The molecule has 0 spiro atoms. The lowest BCUT2D eigenvalue weighted by molar-refractivity contribution is 0.576. The molecule has 0 radical (unpaired) electrons. The lowest BCUT2D eigenvalue weighted by atomic mass is 10.0. The van der Waals surface area contributed by atoms with E-state index in [1.165, 1.54) is 30.4 Å². The third kappa shape index (κ3) is 5.45. The summed E-state index contributed by atoms with van der Waals surface area (Å²) >= 11 is 1.91. The van der Waals surface area contributed by atoms with Gasteiger partial charge in [-0.2, -0.15) is 11.8 Å². The average molecular weight is 265 g/mol. The number of nitrogens with one attached hydrogen (secondary N) is 1. The number of aryl methyl sites for hydroxylation is 1. The highest BCUT2D eigenvalue weighted by atomic mass is 32.2. The number of benzene rings is 1. The van der Waals surface area contributed by atoms with Crippen molar-refractivity contribution in [3.63, 3.8) is 0 Å². The fourth-order valence-electron chi connectivity index (χ4n) is 1.90. The van der Waals surface area contributed by atoms with E-state index in [-0.39, 0.29) is 0 Å². The zero-order valence-electron chi connectivity index (χ0n) is 12.2. The zero-order chi connectivity index (χ0) is 13.4. The summed E-state index contributed by atoms with van der Waals surface area (Å²) in [4.78, 5) is 0. The van der Waals surface area contributed by atoms with Gasteiger partial charge >= 0.3 is 0 Å². The molecule has 0 aliphatic rings. The lowest BCUT2D eigenvalue weighted by Crippen LogP contribution is -2.25. The molecule has 0 aliphatic carbocycles. The van der Waals surface area contributed by atoms with Crippen molar-refractivity contribution in [2.24, 2.45) is 0 Å². The molecular formula is C16H27NS. The summed E-state index contributed by atoms with van der Waals surface area (Å²) in [5, 5.41) is 4.27. The Bertz CT molecular complexity index is 320. The lowest BCUT2D eigenvalue weighted by Gasteiger charge is -2.17. The first-order valence-corrected chi connectivity index (χ1v) is 8.31. The first-order chi connectivity index (χ1) is 8.67. The van der Waals surface area contributed by atoms with Gasteiger partial charge in [0.1, 0.15) is 0 Å². The molecule has 0 amide bonds. The van der Waals surface area contributed by atoms with E-state index in [1.54, 1.807) is 0 Å². The maximum Gasteiger partial charge on any atom is 0.0292 e. The van der Waals surface area contributed by atoms with Crippen LogP contribution in [0.5, 0.6) is 0 Å².